The third-order valence-corrected chi connectivity index (χ3v) is 4.71. The number of halogens is 1. The Hall–Kier alpha value is -2.40. The van der Waals surface area contributed by atoms with Gasteiger partial charge in [-0.2, -0.15) is 0 Å². The Bertz CT molecular complexity index is 712. The van der Waals surface area contributed by atoms with Crippen LogP contribution in [0.2, 0.25) is 0 Å². The summed E-state index contributed by atoms with van der Waals surface area (Å²) in [5, 5.41) is 15.1. The summed E-state index contributed by atoms with van der Waals surface area (Å²) in [6.07, 6.45) is 4.74. The number of amides is 1. The molecule has 1 saturated carbocycles. The van der Waals surface area contributed by atoms with Crippen molar-refractivity contribution in [2.24, 2.45) is 5.92 Å². The number of aliphatic hydroxyl groups is 1. The van der Waals surface area contributed by atoms with E-state index < -0.39 is 12.5 Å². The lowest BCUT2D eigenvalue weighted by molar-refractivity contribution is -0.118. The first-order valence-electron chi connectivity index (χ1n) is 8.68. The minimum absolute atomic E-state index is 0.104. The van der Waals surface area contributed by atoms with Crippen molar-refractivity contribution in [3.05, 3.63) is 59.9 Å². The molecule has 1 atom stereocenters. The van der Waals surface area contributed by atoms with Gasteiger partial charge in [-0.25, -0.2) is 4.39 Å². The van der Waals surface area contributed by atoms with Crippen molar-refractivity contribution in [2.75, 3.05) is 17.2 Å². The first-order chi connectivity index (χ1) is 12.2. The van der Waals surface area contributed by atoms with Crippen LogP contribution in [0.3, 0.4) is 0 Å². The maximum atomic E-state index is 13.3. The molecule has 0 bridgehead atoms. The maximum Gasteiger partial charge on any atom is 0.250 e. The lowest BCUT2D eigenvalue weighted by Crippen LogP contribution is -2.19. The molecule has 2 aromatic carbocycles. The smallest absolute Gasteiger partial charge is 0.250 e. The molecule has 1 unspecified atom stereocenters. The molecule has 4 nitrogen and oxygen atoms in total. The summed E-state index contributed by atoms with van der Waals surface area (Å²) in [6, 6.07) is 14.2. The summed E-state index contributed by atoms with van der Waals surface area (Å²) in [4.78, 5) is 11.4. The molecule has 1 fully saturated rings. The van der Waals surface area contributed by atoms with Gasteiger partial charge >= 0.3 is 0 Å². The van der Waals surface area contributed by atoms with Crippen LogP contribution in [0, 0.1) is 11.7 Å². The van der Waals surface area contributed by atoms with Gasteiger partial charge in [0.2, 0.25) is 5.91 Å². The Morgan fingerprint density at radius 3 is 2.48 bits per heavy atom. The Morgan fingerprint density at radius 1 is 1.12 bits per heavy atom. The van der Waals surface area contributed by atoms with Crippen molar-refractivity contribution < 1.29 is 14.3 Å². The van der Waals surface area contributed by atoms with E-state index in [-0.39, 0.29) is 11.9 Å². The summed E-state index contributed by atoms with van der Waals surface area (Å²) in [6.45, 7) is -0.544. The lowest BCUT2D eigenvalue weighted by atomic mass is 9.91. The molecule has 1 aliphatic carbocycles. The van der Waals surface area contributed by atoms with Crippen LogP contribution in [0.1, 0.15) is 37.3 Å². The number of rotatable bonds is 6. The average molecular weight is 342 g/mol. The van der Waals surface area contributed by atoms with E-state index in [1.54, 1.807) is 6.07 Å². The van der Waals surface area contributed by atoms with E-state index in [0.29, 0.717) is 11.6 Å². The molecular weight excluding hydrogens is 319 g/mol. The van der Waals surface area contributed by atoms with Crippen molar-refractivity contribution in [3.63, 3.8) is 0 Å². The van der Waals surface area contributed by atoms with Gasteiger partial charge in [-0.05, 0) is 54.7 Å². The largest absolute Gasteiger partial charge is 0.387 e. The second kappa shape index (κ2) is 8.12. The molecule has 0 aromatic heterocycles. The fourth-order valence-electron chi connectivity index (χ4n) is 3.50. The number of nitrogens with one attached hydrogen (secondary N) is 2. The van der Waals surface area contributed by atoms with Crippen LogP contribution in [0.4, 0.5) is 15.8 Å². The highest BCUT2D eigenvalue weighted by Crippen LogP contribution is 2.38. The van der Waals surface area contributed by atoms with E-state index in [1.165, 1.54) is 25.0 Å². The molecule has 0 spiro atoms. The third-order valence-electron chi connectivity index (χ3n) is 4.71. The van der Waals surface area contributed by atoms with Crippen LogP contribution in [0.5, 0.6) is 0 Å². The molecule has 3 rings (SSSR count). The quantitative estimate of drug-likeness (QED) is 0.741. The van der Waals surface area contributed by atoms with E-state index in [0.717, 1.165) is 24.1 Å². The van der Waals surface area contributed by atoms with Gasteiger partial charge in [-0.1, -0.05) is 31.0 Å². The van der Waals surface area contributed by atoms with Gasteiger partial charge in [-0.3, -0.25) is 4.79 Å². The van der Waals surface area contributed by atoms with E-state index in [4.69, 9.17) is 5.11 Å². The van der Waals surface area contributed by atoms with Crippen LogP contribution in [0.25, 0.3) is 0 Å². The van der Waals surface area contributed by atoms with Gasteiger partial charge in [0, 0.05) is 11.4 Å². The van der Waals surface area contributed by atoms with Gasteiger partial charge < -0.3 is 15.7 Å². The molecule has 1 aliphatic rings. The zero-order valence-corrected chi connectivity index (χ0v) is 14.0. The van der Waals surface area contributed by atoms with Crippen LogP contribution < -0.4 is 10.6 Å². The summed E-state index contributed by atoms with van der Waals surface area (Å²) < 4.78 is 13.3. The second-order valence-corrected chi connectivity index (χ2v) is 6.51. The van der Waals surface area contributed by atoms with E-state index in [2.05, 4.69) is 10.6 Å². The topological polar surface area (TPSA) is 61.4 Å². The SMILES string of the molecule is O=C(CO)Nc1cccc(NC(c2ccc(F)cc2)C2CCCC2)c1. The predicted molar refractivity (Wildman–Crippen MR) is 96.9 cm³/mol. The van der Waals surface area contributed by atoms with Crippen molar-refractivity contribution in [2.45, 2.75) is 31.7 Å². The average Bonchev–Trinajstić information content (AvgIpc) is 3.15. The highest BCUT2D eigenvalue weighted by Gasteiger charge is 2.26. The van der Waals surface area contributed by atoms with Gasteiger partial charge in [0.1, 0.15) is 12.4 Å². The van der Waals surface area contributed by atoms with Crippen molar-refractivity contribution in [1.82, 2.24) is 0 Å². The molecule has 0 aliphatic heterocycles. The summed E-state index contributed by atoms with van der Waals surface area (Å²) in [5.41, 5.74) is 2.59. The first kappa shape index (κ1) is 17.4. The Kier molecular flexibility index (Phi) is 5.66. The summed E-state index contributed by atoms with van der Waals surface area (Å²) in [5.74, 6) is -0.174. The van der Waals surface area contributed by atoms with Crippen molar-refractivity contribution >= 4 is 17.3 Å². The molecule has 0 heterocycles. The Labute approximate surface area is 147 Å². The van der Waals surface area contributed by atoms with Gasteiger partial charge in [-0.15, -0.1) is 0 Å². The van der Waals surface area contributed by atoms with E-state index >= 15 is 0 Å². The Balaban J connectivity index is 1.81. The normalized spacial score (nSPS) is 15.8. The predicted octanol–water partition coefficient (Wildman–Crippen LogP) is 4.10. The number of carbonyl (C=O) groups is 1. The number of carbonyl (C=O) groups excluding carboxylic acids is 1. The monoisotopic (exact) mass is 342 g/mol. The molecular formula is C20H23FN2O2. The lowest BCUT2D eigenvalue weighted by Gasteiger charge is -2.26. The fraction of sp³-hybridized carbons (Fsp3) is 0.350. The van der Waals surface area contributed by atoms with Crippen LogP contribution in [-0.4, -0.2) is 17.6 Å². The first-order valence-corrected chi connectivity index (χ1v) is 8.68. The highest BCUT2D eigenvalue weighted by molar-refractivity contribution is 5.91. The van der Waals surface area contributed by atoms with Crippen LogP contribution >= 0.6 is 0 Å². The number of hydrogen-bond acceptors (Lipinski definition) is 3. The fourth-order valence-corrected chi connectivity index (χ4v) is 3.50. The molecule has 25 heavy (non-hydrogen) atoms. The number of hydrogen-bond donors (Lipinski definition) is 3. The molecule has 2 aromatic rings. The molecule has 0 saturated heterocycles. The van der Waals surface area contributed by atoms with E-state index in [1.807, 2.05) is 30.3 Å². The van der Waals surface area contributed by atoms with Crippen molar-refractivity contribution in [3.8, 4) is 0 Å². The molecule has 1 amide bonds. The molecule has 3 N–H and O–H groups in total. The number of aliphatic hydroxyl groups excluding tert-OH is 1. The standard InChI is InChI=1S/C20H23FN2O2/c21-16-10-8-15(9-11-16)20(14-4-1-2-5-14)23-18-7-3-6-17(12-18)22-19(25)13-24/h3,6-12,14,20,23-24H,1-2,4-5,13H2,(H,22,25). The minimum Gasteiger partial charge on any atom is -0.387 e. The third kappa shape index (κ3) is 4.57. The zero-order valence-electron chi connectivity index (χ0n) is 14.0. The number of anilines is 2. The van der Waals surface area contributed by atoms with Gasteiger partial charge in [0.05, 0.1) is 6.04 Å². The van der Waals surface area contributed by atoms with Crippen LogP contribution in [0.15, 0.2) is 48.5 Å². The van der Waals surface area contributed by atoms with Crippen molar-refractivity contribution in [1.29, 1.82) is 0 Å². The van der Waals surface area contributed by atoms with Gasteiger partial charge in [0.15, 0.2) is 0 Å². The zero-order chi connectivity index (χ0) is 17.6. The summed E-state index contributed by atoms with van der Waals surface area (Å²) >= 11 is 0. The number of benzene rings is 2. The maximum absolute atomic E-state index is 13.3. The summed E-state index contributed by atoms with van der Waals surface area (Å²) in [7, 11) is 0. The molecule has 5 heteroatoms. The van der Waals surface area contributed by atoms with Gasteiger partial charge in [0.25, 0.3) is 0 Å². The second-order valence-electron chi connectivity index (χ2n) is 6.51. The highest BCUT2D eigenvalue weighted by atomic mass is 19.1. The van der Waals surface area contributed by atoms with Crippen LogP contribution in [-0.2, 0) is 4.79 Å². The molecule has 132 valence electrons. The Morgan fingerprint density at radius 2 is 1.80 bits per heavy atom. The molecule has 0 radical (unpaired) electrons. The minimum atomic E-state index is -0.544. The van der Waals surface area contributed by atoms with E-state index in [9.17, 15) is 9.18 Å².